The van der Waals surface area contributed by atoms with E-state index in [1.54, 1.807) is 7.11 Å². The molecule has 2 heterocycles. The standard InChI is InChI=1S/C20H28N2O3/c1-24-13-17-19(16-8-10-25-20(16)17)21-18(23)7-4-9-22-11-14-5-2-3-6-15(14)12-22/h2-3,5-6,16-17,19-20H,4,7-13H2,1H3,(H,21,23)/t16-,17+,19+,20-/m0/s1. The zero-order valence-electron chi connectivity index (χ0n) is 14.9. The summed E-state index contributed by atoms with van der Waals surface area (Å²) in [7, 11) is 1.72. The number of nitrogens with one attached hydrogen (secondary N) is 1. The summed E-state index contributed by atoms with van der Waals surface area (Å²) in [5, 5.41) is 3.25. The van der Waals surface area contributed by atoms with Gasteiger partial charge in [-0.2, -0.15) is 0 Å². The fraction of sp³-hybridized carbons (Fsp3) is 0.650. The third-order valence-corrected chi connectivity index (χ3v) is 6.00. The van der Waals surface area contributed by atoms with Gasteiger partial charge in [0, 0.05) is 51.1 Å². The van der Waals surface area contributed by atoms with E-state index in [2.05, 4.69) is 34.5 Å². The number of amides is 1. The predicted molar refractivity (Wildman–Crippen MR) is 94.9 cm³/mol. The minimum absolute atomic E-state index is 0.174. The number of ether oxygens (including phenoxy) is 2. The first-order chi connectivity index (χ1) is 12.3. The number of carbonyl (C=O) groups is 1. The van der Waals surface area contributed by atoms with E-state index in [1.807, 2.05) is 0 Å². The first-order valence-corrected chi connectivity index (χ1v) is 9.45. The molecule has 0 bridgehead atoms. The van der Waals surface area contributed by atoms with Gasteiger partial charge in [0.15, 0.2) is 0 Å². The van der Waals surface area contributed by atoms with E-state index < -0.39 is 0 Å². The number of benzene rings is 1. The van der Waals surface area contributed by atoms with Gasteiger partial charge in [-0.3, -0.25) is 9.69 Å². The molecule has 1 aliphatic carbocycles. The highest BCUT2D eigenvalue weighted by Gasteiger charge is 2.54. The maximum Gasteiger partial charge on any atom is 0.220 e. The molecule has 1 saturated carbocycles. The number of rotatable bonds is 7. The van der Waals surface area contributed by atoms with Crippen molar-refractivity contribution >= 4 is 5.91 Å². The molecule has 1 N–H and O–H groups in total. The fourth-order valence-electron chi connectivity index (χ4n) is 4.72. The molecule has 2 fully saturated rings. The van der Waals surface area contributed by atoms with Crippen LogP contribution in [0.2, 0.25) is 0 Å². The van der Waals surface area contributed by atoms with E-state index in [0.717, 1.165) is 39.1 Å². The number of fused-ring (bicyclic) bond motifs is 2. The van der Waals surface area contributed by atoms with Crippen molar-refractivity contribution in [2.45, 2.75) is 44.5 Å². The van der Waals surface area contributed by atoms with Gasteiger partial charge < -0.3 is 14.8 Å². The molecule has 5 heteroatoms. The van der Waals surface area contributed by atoms with Crippen LogP contribution in [0.4, 0.5) is 0 Å². The van der Waals surface area contributed by atoms with Crippen molar-refractivity contribution in [1.29, 1.82) is 0 Å². The molecule has 4 atom stereocenters. The molecule has 136 valence electrons. The summed E-state index contributed by atoms with van der Waals surface area (Å²) >= 11 is 0. The Hall–Kier alpha value is -1.43. The number of hydrogen-bond donors (Lipinski definition) is 1. The fourth-order valence-corrected chi connectivity index (χ4v) is 4.72. The van der Waals surface area contributed by atoms with Crippen LogP contribution in [-0.4, -0.2) is 49.8 Å². The summed E-state index contributed by atoms with van der Waals surface area (Å²) in [6.45, 7) is 4.48. The average molecular weight is 344 g/mol. The smallest absolute Gasteiger partial charge is 0.220 e. The minimum atomic E-state index is 0.174. The zero-order chi connectivity index (χ0) is 17.2. The van der Waals surface area contributed by atoms with Crippen LogP contribution in [-0.2, 0) is 27.4 Å². The van der Waals surface area contributed by atoms with Crippen molar-refractivity contribution in [2.75, 3.05) is 26.9 Å². The lowest BCUT2D eigenvalue weighted by Crippen LogP contribution is -2.62. The van der Waals surface area contributed by atoms with Gasteiger partial charge in [-0.1, -0.05) is 24.3 Å². The van der Waals surface area contributed by atoms with Gasteiger partial charge in [-0.05, 0) is 30.5 Å². The topological polar surface area (TPSA) is 50.8 Å². The normalized spacial score (nSPS) is 30.6. The Morgan fingerprint density at radius 1 is 1.32 bits per heavy atom. The van der Waals surface area contributed by atoms with Crippen LogP contribution in [0.5, 0.6) is 0 Å². The van der Waals surface area contributed by atoms with Crippen molar-refractivity contribution in [3.63, 3.8) is 0 Å². The van der Waals surface area contributed by atoms with Crippen molar-refractivity contribution < 1.29 is 14.3 Å². The highest BCUT2D eigenvalue weighted by Crippen LogP contribution is 2.43. The highest BCUT2D eigenvalue weighted by molar-refractivity contribution is 5.76. The second kappa shape index (κ2) is 7.44. The van der Waals surface area contributed by atoms with Gasteiger partial charge >= 0.3 is 0 Å². The zero-order valence-corrected chi connectivity index (χ0v) is 14.9. The molecule has 25 heavy (non-hydrogen) atoms. The molecule has 1 aromatic rings. The largest absolute Gasteiger partial charge is 0.384 e. The number of methoxy groups -OCH3 is 1. The van der Waals surface area contributed by atoms with Crippen molar-refractivity contribution in [2.24, 2.45) is 11.8 Å². The SMILES string of the molecule is COC[C@@H]1[C@H](NC(=O)CCCN2Cc3ccccc3C2)[C@@H]2CCO[C@H]12. The summed E-state index contributed by atoms with van der Waals surface area (Å²) in [5.41, 5.74) is 2.85. The van der Waals surface area contributed by atoms with Gasteiger partial charge in [0.05, 0.1) is 12.7 Å². The maximum absolute atomic E-state index is 12.4. The third-order valence-electron chi connectivity index (χ3n) is 6.00. The van der Waals surface area contributed by atoms with Crippen molar-refractivity contribution in [3.8, 4) is 0 Å². The lowest BCUT2D eigenvalue weighted by Gasteiger charge is -2.47. The molecule has 1 aromatic carbocycles. The number of hydrogen-bond acceptors (Lipinski definition) is 4. The summed E-state index contributed by atoms with van der Waals surface area (Å²) in [6.07, 6.45) is 2.85. The molecule has 4 rings (SSSR count). The van der Waals surface area contributed by atoms with Gasteiger partial charge in [0.1, 0.15) is 0 Å². The molecule has 3 aliphatic rings. The van der Waals surface area contributed by atoms with Crippen LogP contribution in [0.1, 0.15) is 30.4 Å². The van der Waals surface area contributed by atoms with Crippen LogP contribution < -0.4 is 5.32 Å². The molecule has 1 saturated heterocycles. The van der Waals surface area contributed by atoms with Gasteiger partial charge in [-0.15, -0.1) is 0 Å². The van der Waals surface area contributed by atoms with Gasteiger partial charge in [-0.25, -0.2) is 0 Å². The van der Waals surface area contributed by atoms with Crippen LogP contribution in [0.3, 0.4) is 0 Å². The molecule has 0 unspecified atom stereocenters. The maximum atomic E-state index is 12.4. The second-order valence-corrected chi connectivity index (χ2v) is 7.58. The lowest BCUT2D eigenvalue weighted by molar-refractivity contribution is -0.129. The van der Waals surface area contributed by atoms with Crippen molar-refractivity contribution in [3.05, 3.63) is 35.4 Å². The molecule has 0 radical (unpaired) electrons. The average Bonchev–Trinajstić information content (AvgIpc) is 3.21. The quantitative estimate of drug-likeness (QED) is 0.821. The Morgan fingerprint density at radius 2 is 2.08 bits per heavy atom. The first-order valence-electron chi connectivity index (χ1n) is 9.45. The number of nitrogens with zero attached hydrogens (tertiary/aromatic N) is 1. The van der Waals surface area contributed by atoms with E-state index in [9.17, 15) is 4.79 Å². The van der Waals surface area contributed by atoms with Crippen LogP contribution in [0.25, 0.3) is 0 Å². The molecule has 0 spiro atoms. The van der Waals surface area contributed by atoms with E-state index in [4.69, 9.17) is 9.47 Å². The minimum Gasteiger partial charge on any atom is -0.384 e. The van der Waals surface area contributed by atoms with Gasteiger partial charge in [0.2, 0.25) is 5.91 Å². The second-order valence-electron chi connectivity index (χ2n) is 7.58. The molecule has 2 aliphatic heterocycles. The third kappa shape index (κ3) is 3.46. The summed E-state index contributed by atoms with van der Waals surface area (Å²) < 4.78 is 11.1. The van der Waals surface area contributed by atoms with Crippen LogP contribution in [0.15, 0.2) is 24.3 Å². The Balaban J connectivity index is 1.20. The molecular formula is C20H28N2O3. The van der Waals surface area contributed by atoms with Crippen molar-refractivity contribution in [1.82, 2.24) is 10.2 Å². The Labute approximate surface area is 149 Å². The Morgan fingerprint density at radius 3 is 2.80 bits per heavy atom. The summed E-state index contributed by atoms with van der Waals surface area (Å²) in [4.78, 5) is 14.8. The Kier molecular flexibility index (Phi) is 5.06. The van der Waals surface area contributed by atoms with Crippen LogP contribution >= 0.6 is 0 Å². The summed E-state index contributed by atoms with van der Waals surface area (Å²) in [6, 6.07) is 8.84. The molecule has 1 amide bonds. The van der Waals surface area contributed by atoms with E-state index in [1.165, 1.54) is 11.1 Å². The Bertz CT molecular complexity index is 596. The number of carbonyl (C=O) groups excluding carboxylic acids is 1. The van der Waals surface area contributed by atoms with Gasteiger partial charge in [0.25, 0.3) is 0 Å². The van der Waals surface area contributed by atoms with Crippen LogP contribution in [0, 0.1) is 11.8 Å². The first kappa shape index (κ1) is 17.0. The molecule has 5 nitrogen and oxygen atoms in total. The highest BCUT2D eigenvalue weighted by atomic mass is 16.5. The van der Waals surface area contributed by atoms with E-state index >= 15 is 0 Å². The molecular weight excluding hydrogens is 316 g/mol. The monoisotopic (exact) mass is 344 g/mol. The predicted octanol–water partition coefficient (Wildman–Crippen LogP) is 1.95. The lowest BCUT2D eigenvalue weighted by atomic mass is 9.67. The van der Waals surface area contributed by atoms with E-state index in [0.29, 0.717) is 24.9 Å². The molecule has 0 aromatic heterocycles. The van der Waals surface area contributed by atoms with E-state index in [-0.39, 0.29) is 18.1 Å². The summed E-state index contributed by atoms with van der Waals surface area (Å²) in [5.74, 6) is 0.972.